The van der Waals surface area contributed by atoms with Crippen LogP contribution in [0, 0.1) is 0 Å². The number of nitrogens with zero attached hydrogens (tertiary/aromatic N) is 2. The summed E-state index contributed by atoms with van der Waals surface area (Å²) in [5.74, 6) is 0.648. The third-order valence-electron chi connectivity index (χ3n) is 5.31. The number of para-hydroxylation sites is 1. The monoisotopic (exact) mass is 351 g/mol. The lowest BCUT2D eigenvalue weighted by Gasteiger charge is -2.28. The summed E-state index contributed by atoms with van der Waals surface area (Å²) in [5.41, 5.74) is 2.81. The maximum atomic E-state index is 12.6. The zero-order valence-electron chi connectivity index (χ0n) is 15.4. The molecule has 4 rings (SSSR count). The average molecular weight is 351 g/mol. The number of fused-ring (bicyclic) bond motifs is 1. The number of benzene rings is 2. The molecule has 26 heavy (non-hydrogen) atoms. The molecule has 0 aromatic heterocycles. The summed E-state index contributed by atoms with van der Waals surface area (Å²) >= 11 is 0. The molecule has 0 radical (unpaired) electrons. The van der Waals surface area contributed by atoms with E-state index >= 15 is 0 Å². The Hall–Kier alpha value is -2.53. The van der Waals surface area contributed by atoms with Crippen LogP contribution in [0.4, 0.5) is 5.69 Å². The summed E-state index contributed by atoms with van der Waals surface area (Å²) < 4.78 is 5.98. The molecule has 0 aliphatic carbocycles. The highest BCUT2D eigenvalue weighted by Crippen LogP contribution is 2.30. The van der Waals surface area contributed by atoms with Crippen molar-refractivity contribution < 1.29 is 9.53 Å². The van der Waals surface area contributed by atoms with Gasteiger partial charge < -0.3 is 15.0 Å². The van der Waals surface area contributed by atoms with Crippen LogP contribution in [-0.2, 0) is 6.54 Å². The Morgan fingerprint density at radius 3 is 2.69 bits per heavy atom. The van der Waals surface area contributed by atoms with Crippen molar-refractivity contribution >= 4 is 11.6 Å². The Bertz CT molecular complexity index is 803. The van der Waals surface area contributed by atoms with E-state index < -0.39 is 0 Å². The van der Waals surface area contributed by atoms with E-state index in [4.69, 9.17) is 4.74 Å². The van der Waals surface area contributed by atoms with E-state index in [0.29, 0.717) is 17.9 Å². The Morgan fingerprint density at radius 1 is 1.15 bits per heavy atom. The van der Waals surface area contributed by atoms with Gasteiger partial charge >= 0.3 is 0 Å². The van der Waals surface area contributed by atoms with Crippen molar-refractivity contribution in [2.45, 2.75) is 18.5 Å². The number of anilines is 1. The van der Waals surface area contributed by atoms with Crippen LogP contribution in [0.3, 0.4) is 0 Å². The van der Waals surface area contributed by atoms with Crippen LogP contribution in [-0.4, -0.2) is 50.1 Å². The molecule has 0 bridgehead atoms. The summed E-state index contributed by atoms with van der Waals surface area (Å²) in [7, 11) is 4.10. The summed E-state index contributed by atoms with van der Waals surface area (Å²) in [6, 6.07) is 16.1. The van der Waals surface area contributed by atoms with Crippen LogP contribution in [0.15, 0.2) is 48.5 Å². The predicted molar refractivity (Wildman–Crippen MR) is 103 cm³/mol. The van der Waals surface area contributed by atoms with Crippen LogP contribution >= 0.6 is 0 Å². The maximum Gasteiger partial charge on any atom is 0.255 e. The molecule has 2 aliphatic rings. The molecule has 1 saturated heterocycles. The minimum atomic E-state index is -0.306. The smallest absolute Gasteiger partial charge is 0.255 e. The van der Waals surface area contributed by atoms with Crippen LogP contribution < -0.4 is 15.0 Å². The molecule has 1 unspecified atom stereocenters. The van der Waals surface area contributed by atoms with Crippen molar-refractivity contribution in [1.82, 2.24) is 10.2 Å². The molecule has 1 spiro atoms. The van der Waals surface area contributed by atoms with Crippen molar-refractivity contribution in [3.63, 3.8) is 0 Å². The molecular weight excluding hydrogens is 326 g/mol. The maximum absolute atomic E-state index is 12.6. The first kappa shape index (κ1) is 16.9. The average Bonchev–Trinajstić information content (AvgIpc) is 2.96. The van der Waals surface area contributed by atoms with Gasteiger partial charge in [-0.15, -0.1) is 0 Å². The number of carbonyl (C=O) groups excluding carboxylic acids is 1. The Morgan fingerprint density at radius 2 is 1.92 bits per heavy atom. The summed E-state index contributed by atoms with van der Waals surface area (Å²) in [4.78, 5) is 17.1. The van der Waals surface area contributed by atoms with Crippen LogP contribution in [0.2, 0.25) is 0 Å². The lowest BCUT2D eigenvalue weighted by Crippen LogP contribution is -2.53. The van der Waals surface area contributed by atoms with E-state index in [9.17, 15) is 4.79 Å². The first-order valence-corrected chi connectivity index (χ1v) is 9.08. The van der Waals surface area contributed by atoms with Crippen molar-refractivity contribution in [3.05, 3.63) is 59.7 Å². The molecule has 1 atom stereocenters. The molecule has 2 aliphatic heterocycles. The van der Waals surface area contributed by atoms with E-state index in [1.807, 2.05) is 38.4 Å². The molecule has 5 heteroatoms. The molecule has 0 saturated carbocycles. The van der Waals surface area contributed by atoms with Gasteiger partial charge in [0.1, 0.15) is 12.4 Å². The van der Waals surface area contributed by atoms with E-state index in [-0.39, 0.29) is 11.4 Å². The highest BCUT2D eigenvalue weighted by molar-refractivity contribution is 5.97. The molecule has 1 fully saturated rings. The normalized spacial score (nSPS) is 22.5. The molecular formula is C21H25N3O2. The minimum Gasteiger partial charge on any atom is -0.490 e. The van der Waals surface area contributed by atoms with Crippen molar-refractivity contribution in [2.24, 2.45) is 0 Å². The van der Waals surface area contributed by atoms with Gasteiger partial charge in [-0.3, -0.25) is 9.69 Å². The van der Waals surface area contributed by atoms with Gasteiger partial charge in [-0.25, -0.2) is 0 Å². The van der Waals surface area contributed by atoms with E-state index in [0.717, 1.165) is 26.1 Å². The Labute approximate surface area is 154 Å². The molecule has 1 amide bonds. The lowest BCUT2D eigenvalue weighted by atomic mass is 9.99. The number of hydrogen-bond acceptors (Lipinski definition) is 4. The Balaban J connectivity index is 1.44. The fourth-order valence-electron chi connectivity index (χ4n) is 3.81. The van der Waals surface area contributed by atoms with Gasteiger partial charge in [0.2, 0.25) is 0 Å². The highest BCUT2D eigenvalue weighted by Gasteiger charge is 2.42. The van der Waals surface area contributed by atoms with E-state index in [1.54, 1.807) is 0 Å². The highest BCUT2D eigenvalue weighted by atomic mass is 16.5. The van der Waals surface area contributed by atoms with Gasteiger partial charge in [0, 0.05) is 39.4 Å². The first-order chi connectivity index (χ1) is 12.5. The quantitative estimate of drug-likeness (QED) is 0.923. The number of nitrogens with one attached hydrogen (secondary N) is 1. The summed E-state index contributed by atoms with van der Waals surface area (Å²) in [6.07, 6.45) is 0.905. The third kappa shape index (κ3) is 3.27. The second-order valence-corrected chi connectivity index (χ2v) is 7.54. The minimum absolute atomic E-state index is 0.0321. The van der Waals surface area contributed by atoms with E-state index in [1.165, 1.54) is 11.3 Å². The SMILES string of the molecule is CN(C)c1ccc(CN2CCC3(COc4ccccc4C(=O)N3)C2)cc1. The van der Waals surface area contributed by atoms with Gasteiger partial charge in [-0.05, 0) is 36.2 Å². The molecule has 1 N–H and O–H groups in total. The number of carbonyl (C=O) groups is 1. The van der Waals surface area contributed by atoms with Crippen molar-refractivity contribution in [1.29, 1.82) is 0 Å². The van der Waals surface area contributed by atoms with Crippen LogP contribution in [0.1, 0.15) is 22.3 Å². The summed E-state index contributed by atoms with van der Waals surface area (Å²) in [5, 5.41) is 3.24. The second-order valence-electron chi connectivity index (χ2n) is 7.54. The van der Waals surface area contributed by atoms with Crippen molar-refractivity contribution in [3.8, 4) is 5.75 Å². The number of amides is 1. The molecule has 2 heterocycles. The third-order valence-corrected chi connectivity index (χ3v) is 5.31. The van der Waals surface area contributed by atoms with Gasteiger partial charge in [-0.2, -0.15) is 0 Å². The number of rotatable bonds is 3. The topological polar surface area (TPSA) is 44.8 Å². The zero-order chi connectivity index (χ0) is 18.1. The standard InChI is InChI=1S/C21H25N3O2/c1-23(2)17-9-7-16(8-10-17)13-24-12-11-21(14-24)15-26-19-6-4-3-5-18(19)20(25)22-21/h3-10H,11-15H2,1-2H3,(H,22,25). The van der Waals surface area contributed by atoms with Gasteiger partial charge in [0.25, 0.3) is 5.91 Å². The number of ether oxygens (including phenoxy) is 1. The fraction of sp³-hybridized carbons (Fsp3) is 0.381. The fourth-order valence-corrected chi connectivity index (χ4v) is 3.81. The van der Waals surface area contributed by atoms with Crippen molar-refractivity contribution in [2.75, 3.05) is 38.7 Å². The number of hydrogen-bond donors (Lipinski definition) is 1. The first-order valence-electron chi connectivity index (χ1n) is 9.08. The number of likely N-dealkylation sites (tertiary alicyclic amines) is 1. The van der Waals surface area contributed by atoms with E-state index in [2.05, 4.69) is 39.4 Å². The second kappa shape index (κ2) is 6.65. The van der Waals surface area contributed by atoms with Gasteiger partial charge in [0.15, 0.2) is 0 Å². The molecule has 2 aromatic carbocycles. The van der Waals surface area contributed by atoms with Crippen LogP contribution in [0.5, 0.6) is 5.75 Å². The zero-order valence-corrected chi connectivity index (χ0v) is 15.4. The Kier molecular flexibility index (Phi) is 4.32. The summed E-state index contributed by atoms with van der Waals surface area (Å²) in [6.45, 7) is 3.17. The van der Waals surface area contributed by atoms with Gasteiger partial charge in [-0.1, -0.05) is 24.3 Å². The molecule has 136 valence electrons. The van der Waals surface area contributed by atoms with Crippen LogP contribution in [0.25, 0.3) is 0 Å². The predicted octanol–water partition coefficient (Wildman–Crippen LogP) is 2.52. The largest absolute Gasteiger partial charge is 0.490 e. The lowest BCUT2D eigenvalue weighted by molar-refractivity contribution is 0.0888. The molecule has 2 aromatic rings. The van der Waals surface area contributed by atoms with Gasteiger partial charge in [0.05, 0.1) is 11.1 Å². The molecule has 5 nitrogen and oxygen atoms in total.